The number of piperazine rings is 1. The summed E-state index contributed by atoms with van der Waals surface area (Å²) in [5.74, 6) is 0. The van der Waals surface area contributed by atoms with E-state index in [1.807, 2.05) is 36.4 Å². The highest BCUT2D eigenvalue weighted by Crippen LogP contribution is 2.33. The summed E-state index contributed by atoms with van der Waals surface area (Å²) in [5.41, 5.74) is 1.95. The molecule has 0 aliphatic carbocycles. The number of nitrogens with zero attached hydrogens (tertiary/aromatic N) is 3. The molecule has 1 fully saturated rings. The van der Waals surface area contributed by atoms with E-state index >= 15 is 0 Å². The maximum atomic E-state index is 12.9. The van der Waals surface area contributed by atoms with Gasteiger partial charge < -0.3 is 9.67 Å². The Kier molecular flexibility index (Phi) is 7.03. The second-order valence-electron chi connectivity index (χ2n) is 8.75. The highest BCUT2D eigenvalue weighted by molar-refractivity contribution is 7.89. The number of aliphatic hydroxyl groups excluding tert-OH is 1. The maximum Gasteiger partial charge on any atom is 0.243 e. The Hall–Kier alpha value is -1.84. The van der Waals surface area contributed by atoms with Crippen molar-refractivity contribution < 1.29 is 13.5 Å². The zero-order valence-electron chi connectivity index (χ0n) is 18.7. The van der Waals surface area contributed by atoms with Gasteiger partial charge in [0.25, 0.3) is 0 Å². The zero-order chi connectivity index (χ0) is 24.7. The highest BCUT2D eigenvalue weighted by atomic mass is 35.5. The van der Waals surface area contributed by atoms with Crippen LogP contribution < -0.4 is 0 Å². The molecule has 1 aliphatic rings. The summed E-state index contributed by atoms with van der Waals surface area (Å²) in [6, 6.07) is 17.6. The van der Waals surface area contributed by atoms with E-state index in [0.29, 0.717) is 54.3 Å². The molecule has 4 aromatic rings. The number of halogens is 3. The molecule has 0 saturated carbocycles. The SMILES string of the molecule is O=S(=O)(c1ccc(Cl)cc1)N1CCN(CC(O)Cn2c3ccc(Cl)cc3c3cc(Cl)ccc32)CC1. The Bertz CT molecular complexity index is 1420. The van der Waals surface area contributed by atoms with Crippen molar-refractivity contribution in [3.63, 3.8) is 0 Å². The van der Waals surface area contributed by atoms with Crippen molar-refractivity contribution in [1.29, 1.82) is 0 Å². The number of rotatable bonds is 6. The third-order valence-electron chi connectivity index (χ3n) is 6.43. The van der Waals surface area contributed by atoms with Gasteiger partial charge in [-0.05, 0) is 60.7 Å². The van der Waals surface area contributed by atoms with Gasteiger partial charge in [-0.25, -0.2) is 8.42 Å². The van der Waals surface area contributed by atoms with Crippen LogP contribution in [0.1, 0.15) is 0 Å². The van der Waals surface area contributed by atoms with Crippen molar-refractivity contribution in [3.05, 3.63) is 75.7 Å². The van der Waals surface area contributed by atoms with Crippen molar-refractivity contribution >= 4 is 66.6 Å². The van der Waals surface area contributed by atoms with Crippen LogP contribution in [0.15, 0.2) is 65.6 Å². The van der Waals surface area contributed by atoms with Crippen LogP contribution >= 0.6 is 34.8 Å². The average molecular weight is 553 g/mol. The Morgan fingerprint density at radius 3 is 1.80 bits per heavy atom. The van der Waals surface area contributed by atoms with E-state index in [1.165, 1.54) is 16.4 Å². The molecule has 10 heteroatoms. The molecule has 1 aromatic heterocycles. The first-order chi connectivity index (χ1) is 16.7. The van der Waals surface area contributed by atoms with E-state index in [4.69, 9.17) is 34.8 Å². The third-order valence-corrected chi connectivity index (χ3v) is 9.07. The van der Waals surface area contributed by atoms with Crippen LogP contribution in [-0.2, 0) is 16.6 Å². The summed E-state index contributed by atoms with van der Waals surface area (Å²) in [5, 5.41) is 14.7. The fourth-order valence-electron chi connectivity index (χ4n) is 4.72. The van der Waals surface area contributed by atoms with Crippen molar-refractivity contribution in [1.82, 2.24) is 13.8 Å². The monoisotopic (exact) mass is 551 g/mol. The summed E-state index contributed by atoms with van der Waals surface area (Å²) < 4.78 is 29.4. The Morgan fingerprint density at radius 2 is 1.26 bits per heavy atom. The van der Waals surface area contributed by atoms with Crippen LogP contribution in [0, 0.1) is 0 Å². The lowest BCUT2D eigenvalue weighted by Gasteiger charge is -2.35. The van der Waals surface area contributed by atoms with E-state index < -0.39 is 16.1 Å². The summed E-state index contributed by atoms with van der Waals surface area (Å²) in [7, 11) is -3.57. The second kappa shape index (κ2) is 9.90. The Labute approximate surface area is 219 Å². The van der Waals surface area contributed by atoms with Gasteiger partial charge in [-0.3, -0.25) is 4.90 Å². The van der Waals surface area contributed by atoms with Gasteiger partial charge in [-0.15, -0.1) is 0 Å². The molecule has 1 unspecified atom stereocenters. The predicted octanol–water partition coefficient (Wildman–Crippen LogP) is 5.12. The van der Waals surface area contributed by atoms with Crippen LogP contribution in [0.3, 0.4) is 0 Å². The molecule has 0 amide bonds. The first-order valence-electron chi connectivity index (χ1n) is 11.3. The van der Waals surface area contributed by atoms with Gasteiger partial charge in [0, 0.05) is 69.6 Å². The zero-order valence-corrected chi connectivity index (χ0v) is 21.8. The highest BCUT2D eigenvalue weighted by Gasteiger charge is 2.29. The molecule has 2 heterocycles. The van der Waals surface area contributed by atoms with Gasteiger partial charge in [0.2, 0.25) is 10.0 Å². The summed E-state index contributed by atoms with van der Waals surface area (Å²) in [4.78, 5) is 2.34. The molecular weight excluding hydrogens is 529 g/mol. The van der Waals surface area contributed by atoms with E-state index in [1.54, 1.807) is 12.1 Å². The number of hydrogen-bond donors (Lipinski definition) is 1. The van der Waals surface area contributed by atoms with E-state index in [2.05, 4.69) is 9.47 Å². The molecule has 3 aromatic carbocycles. The van der Waals surface area contributed by atoms with E-state index in [0.717, 1.165) is 21.8 Å². The third kappa shape index (κ3) is 5.04. The topological polar surface area (TPSA) is 65.8 Å². The van der Waals surface area contributed by atoms with Crippen LogP contribution in [0.2, 0.25) is 15.1 Å². The van der Waals surface area contributed by atoms with Crippen molar-refractivity contribution in [2.45, 2.75) is 17.5 Å². The Morgan fingerprint density at radius 1 is 0.743 bits per heavy atom. The van der Waals surface area contributed by atoms with Crippen LogP contribution in [0.25, 0.3) is 21.8 Å². The minimum absolute atomic E-state index is 0.238. The quantitative estimate of drug-likeness (QED) is 0.361. The predicted molar refractivity (Wildman–Crippen MR) is 142 cm³/mol. The van der Waals surface area contributed by atoms with Crippen LogP contribution in [0.4, 0.5) is 0 Å². The summed E-state index contributed by atoms with van der Waals surface area (Å²) >= 11 is 18.4. The molecule has 1 saturated heterocycles. The molecule has 1 N–H and O–H groups in total. The van der Waals surface area contributed by atoms with Gasteiger partial charge in [0.15, 0.2) is 0 Å². The molecule has 1 aliphatic heterocycles. The molecule has 184 valence electrons. The standard InChI is InChI=1S/C25H24Cl3N3O3S/c26-17-1-5-21(6-2-17)35(33,34)30-11-9-29(10-12-30)15-20(32)16-31-24-7-3-18(27)13-22(24)23-14-19(28)4-8-25(23)31/h1-8,13-14,20,32H,9-12,15-16H2. The van der Waals surface area contributed by atoms with Crippen LogP contribution in [-0.4, -0.2) is 66.1 Å². The Balaban J connectivity index is 1.28. The summed E-state index contributed by atoms with van der Waals surface area (Å²) in [6.07, 6.45) is -0.639. The number of aromatic nitrogens is 1. The smallest absolute Gasteiger partial charge is 0.243 e. The van der Waals surface area contributed by atoms with E-state index in [-0.39, 0.29) is 4.90 Å². The normalized spacial score (nSPS) is 16.8. The molecule has 0 radical (unpaired) electrons. The number of benzene rings is 3. The molecule has 0 bridgehead atoms. The minimum Gasteiger partial charge on any atom is -0.390 e. The molecule has 6 nitrogen and oxygen atoms in total. The molecule has 0 spiro atoms. The average Bonchev–Trinajstić information content (AvgIpc) is 3.11. The number of sulfonamides is 1. The largest absolute Gasteiger partial charge is 0.390 e. The molecule has 5 rings (SSSR count). The number of aliphatic hydroxyl groups is 1. The summed E-state index contributed by atoms with van der Waals surface area (Å²) in [6.45, 7) is 2.66. The fraction of sp³-hybridized carbons (Fsp3) is 0.280. The van der Waals surface area contributed by atoms with Crippen molar-refractivity contribution in [2.24, 2.45) is 0 Å². The number of hydrogen-bond acceptors (Lipinski definition) is 4. The first-order valence-corrected chi connectivity index (χ1v) is 13.8. The van der Waals surface area contributed by atoms with Gasteiger partial charge in [-0.1, -0.05) is 34.8 Å². The molecule has 35 heavy (non-hydrogen) atoms. The maximum absolute atomic E-state index is 12.9. The second-order valence-corrected chi connectivity index (χ2v) is 12.0. The molecular formula is C25H24Cl3N3O3S. The van der Waals surface area contributed by atoms with Gasteiger partial charge in [0.05, 0.1) is 17.5 Å². The fourth-order valence-corrected chi connectivity index (χ4v) is 6.61. The number of fused-ring (bicyclic) bond motifs is 3. The lowest BCUT2D eigenvalue weighted by molar-refractivity contribution is 0.0823. The van der Waals surface area contributed by atoms with Gasteiger partial charge in [0.1, 0.15) is 0 Å². The van der Waals surface area contributed by atoms with Crippen LogP contribution in [0.5, 0.6) is 0 Å². The minimum atomic E-state index is -3.57. The van der Waals surface area contributed by atoms with Gasteiger partial charge in [-0.2, -0.15) is 4.31 Å². The lowest BCUT2D eigenvalue weighted by atomic mass is 10.1. The van der Waals surface area contributed by atoms with Crippen molar-refractivity contribution in [3.8, 4) is 0 Å². The van der Waals surface area contributed by atoms with E-state index in [9.17, 15) is 13.5 Å². The number of β-amino-alcohol motifs (C(OH)–C–C–N with tert-alkyl or cyclic N) is 1. The first kappa shape index (κ1) is 24.8. The lowest BCUT2D eigenvalue weighted by Crippen LogP contribution is -2.50. The van der Waals surface area contributed by atoms with Crippen molar-refractivity contribution in [2.75, 3.05) is 32.7 Å². The molecule has 1 atom stereocenters. The van der Waals surface area contributed by atoms with Gasteiger partial charge >= 0.3 is 0 Å².